The number of aryl methyl sites for hydroxylation is 2. The van der Waals surface area contributed by atoms with Crippen LogP contribution in [-0.2, 0) is 4.74 Å². The van der Waals surface area contributed by atoms with Crippen LogP contribution in [0.15, 0.2) is 12.1 Å². The zero-order valence-electron chi connectivity index (χ0n) is 12.5. The van der Waals surface area contributed by atoms with Gasteiger partial charge in [0, 0.05) is 30.9 Å². The summed E-state index contributed by atoms with van der Waals surface area (Å²) in [5.41, 5.74) is 9.20. The van der Waals surface area contributed by atoms with E-state index in [9.17, 15) is 4.79 Å². The van der Waals surface area contributed by atoms with Crippen molar-refractivity contribution < 1.29 is 9.53 Å². The molecule has 0 unspecified atom stereocenters. The van der Waals surface area contributed by atoms with Crippen LogP contribution in [0.4, 0.5) is 5.69 Å². The van der Waals surface area contributed by atoms with Crippen molar-refractivity contribution in [2.45, 2.75) is 33.7 Å². The molecule has 0 spiro atoms. The molecule has 4 heteroatoms. The molecule has 1 aromatic rings. The van der Waals surface area contributed by atoms with Crippen LogP contribution in [-0.4, -0.2) is 37.1 Å². The molecular formula is C15H24N2O2. The second kappa shape index (κ2) is 6.57. The van der Waals surface area contributed by atoms with E-state index in [1.807, 2.05) is 33.8 Å². The molecular weight excluding hydrogens is 240 g/mol. The first-order valence-corrected chi connectivity index (χ1v) is 6.55. The Kier molecular flexibility index (Phi) is 5.36. The number of carbonyl (C=O) groups excluding carboxylic acids is 1. The molecule has 1 rings (SSSR count). The average Bonchev–Trinajstić information content (AvgIpc) is 2.33. The van der Waals surface area contributed by atoms with Gasteiger partial charge in [0.1, 0.15) is 0 Å². The Balaban J connectivity index is 3.06. The first-order chi connectivity index (χ1) is 8.88. The van der Waals surface area contributed by atoms with Gasteiger partial charge in [0.2, 0.25) is 0 Å². The molecule has 0 atom stereocenters. The van der Waals surface area contributed by atoms with Crippen molar-refractivity contribution in [3.63, 3.8) is 0 Å². The molecule has 19 heavy (non-hydrogen) atoms. The van der Waals surface area contributed by atoms with Crippen molar-refractivity contribution in [1.29, 1.82) is 0 Å². The summed E-state index contributed by atoms with van der Waals surface area (Å²) in [5, 5.41) is 0. The van der Waals surface area contributed by atoms with Crippen LogP contribution in [0.2, 0.25) is 0 Å². The number of rotatable bonds is 5. The Morgan fingerprint density at radius 1 is 1.32 bits per heavy atom. The minimum absolute atomic E-state index is 0.0104. The van der Waals surface area contributed by atoms with Gasteiger partial charge in [-0.05, 0) is 44.9 Å². The van der Waals surface area contributed by atoms with Gasteiger partial charge in [-0.1, -0.05) is 6.07 Å². The van der Waals surface area contributed by atoms with E-state index in [-0.39, 0.29) is 11.9 Å². The van der Waals surface area contributed by atoms with Gasteiger partial charge in [-0.25, -0.2) is 0 Å². The summed E-state index contributed by atoms with van der Waals surface area (Å²) in [6.07, 6.45) is 0. The fraction of sp³-hybridized carbons (Fsp3) is 0.533. The van der Waals surface area contributed by atoms with E-state index in [2.05, 4.69) is 0 Å². The molecule has 0 aliphatic rings. The minimum atomic E-state index is 0.0104. The summed E-state index contributed by atoms with van der Waals surface area (Å²) in [4.78, 5) is 14.4. The molecule has 2 N–H and O–H groups in total. The summed E-state index contributed by atoms with van der Waals surface area (Å²) in [5.74, 6) is 0.0104. The standard InChI is InChI=1S/C15H24N2O2/c1-10(2)17(6-7-19-5)15(18)13-9-14(16)12(4)8-11(13)3/h8-10H,6-7,16H2,1-5H3. The number of anilines is 1. The Labute approximate surface area is 115 Å². The number of methoxy groups -OCH3 is 1. The number of nitrogens with two attached hydrogens (primary N) is 1. The summed E-state index contributed by atoms with van der Waals surface area (Å²) < 4.78 is 5.06. The van der Waals surface area contributed by atoms with E-state index in [1.54, 1.807) is 18.1 Å². The number of nitrogens with zero attached hydrogens (tertiary/aromatic N) is 1. The lowest BCUT2D eigenvalue weighted by Crippen LogP contribution is -2.39. The normalized spacial score (nSPS) is 10.8. The van der Waals surface area contributed by atoms with Gasteiger partial charge in [0.15, 0.2) is 0 Å². The van der Waals surface area contributed by atoms with Crippen molar-refractivity contribution in [3.05, 3.63) is 28.8 Å². The monoisotopic (exact) mass is 264 g/mol. The third-order valence-electron chi connectivity index (χ3n) is 3.26. The molecule has 0 aliphatic heterocycles. The number of nitrogen functional groups attached to an aromatic ring is 1. The van der Waals surface area contributed by atoms with Crippen LogP contribution in [0.25, 0.3) is 0 Å². The molecule has 0 saturated carbocycles. The first-order valence-electron chi connectivity index (χ1n) is 6.55. The zero-order chi connectivity index (χ0) is 14.6. The molecule has 0 bridgehead atoms. The molecule has 0 saturated heterocycles. The highest BCUT2D eigenvalue weighted by molar-refractivity contribution is 5.97. The topological polar surface area (TPSA) is 55.6 Å². The fourth-order valence-corrected chi connectivity index (χ4v) is 2.04. The molecule has 0 radical (unpaired) electrons. The maximum atomic E-state index is 12.6. The van der Waals surface area contributed by atoms with Crippen LogP contribution >= 0.6 is 0 Å². The molecule has 1 aromatic carbocycles. The maximum absolute atomic E-state index is 12.6. The Morgan fingerprint density at radius 3 is 2.47 bits per heavy atom. The highest BCUT2D eigenvalue weighted by atomic mass is 16.5. The average molecular weight is 264 g/mol. The summed E-state index contributed by atoms with van der Waals surface area (Å²) >= 11 is 0. The lowest BCUT2D eigenvalue weighted by atomic mass is 10.0. The summed E-state index contributed by atoms with van der Waals surface area (Å²) in [6, 6.07) is 3.86. The maximum Gasteiger partial charge on any atom is 0.254 e. The van der Waals surface area contributed by atoms with Gasteiger partial charge >= 0.3 is 0 Å². The zero-order valence-corrected chi connectivity index (χ0v) is 12.5. The first kappa shape index (κ1) is 15.5. The molecule has 0 fully saturated rings. The van der Waals surface area contributed by atoms with Gasteiger partial charge < -0.3 is 15.4 Å². The van der Waals surface area contributed by atoms with Crippen molar-refractivity contribution in [2.75, 3.05) is 26.0 Å². The molecule has 0 aromatic heterocycles. The van der Waals surface area contributed by atoms with Crippen LogP contribution < -0.4 is 5.73 Å². The van der Waals surface area contributed by atoms with Gasteiger partial charge in [0.05, 0.1) is 6.61 Å². The Hall–Kier alpha value is -1.55. The number of amides is 1. The highest BCUT2D eigenvalue weighted by Gasteiger charge is 2.20. The van der Waals surface area contributed by atoms with Gasteiger partial charge in [0.25, 0.3) is 5.91 Å². The van der Waals surface area contributed by atoms with Crippen LogP contribution in [0.3, 0.4) is 0 Å². The molecule has 0 heterocycles. The number of benzene rings is 1. The lowest BCUT2D eigenvalue weighted by molar-refractivity contribution is 0.0634. The molecule has 106 valence electrons. The molecule has 4 nitrogen and oxygen atoms in total. The van der Waals surface area contributed by atoms with E-state index in [0.29, 0.717) is 24.4 Å². The van der Waals surface area contributed by atoms with Gasteiger partial charge in [-0.2, -0.15) is 0 Å². The molecule has 0 aliphatic carbocycles. The second-order valence-electron chi connectivity index (χ2n) is 5.11. The van der Waals surface area contributed by atoms with Crippen molar-refractivity contribution in [1.82, 2.24) is 4.90 Å². The summed E-state index contributed by atoms with van der Waals surface area (Å²) in [6.45, 7) is 9.00. The number of carbonyl (C=O) groups is 1. The third kappa shape index (κ3) is 3.70. The van der Waals surface area contributed by atoms with Crippen LogP contribution in [0.5, 0.6) is 0 Å². The van der Waals surface area contributed by atoms with Crippen LogP contribution in [0, 0.1) is 13.8 Å². The number of hydrogen-bond acceptors (Lipinski definition) is 3. The smallest absolute Gasteiger partial charge is 0.254 e. The predicted molar refractivity (Wildman–Crippen MR) is 78.4 cm³/mol. The highest BCUT2D eigenvalue weighted by Crippen LogP contribution is 2.20. The van der Waals surface area contributed by atoms with Crippen LogP contribution in [0.1, 0.15) is 35.3 Å². The largest absolute Gasteiger partial charge is 0.398 e. The Bertz CT molecular complexity index is 456. The van der Waals surface area contributed by atoms with E-state index in [0.717, 1.165) is 11.1 Å². The second-order valence-corrected chi connectivity index (χ2v) is 5.11. The molecule has 1 amide bonds. The van der Waals surface area contributed by atoms with Gasteiger partial charge in [-0.15, -0.1) is 0 Å². The Morgan fingerprint density at radius 2 is 1.95 bits per heavy atom. The van der Waals surface area contributed by atoms with E-state index >= 15 is 0 Å². The van der Waals surface area contributed by atoms with Crippen molar-refractivity contribution in [2.24, 2.45) is 0 Å². The van der Waals surface area contributed by atoms with E-state index in [4.69, 9.17) is 10.5 Å². The van der Waals surface area contributed by atoms with E-state index < -0.39 is 0 Å². The summed E-state index contributed by atoms with van der Waals surface area (Å²) in [7, 11) is 1.64. The number of hydrogen-bond donors (Lipinski definition) is 1. The van der Waals surface area contributed by atoms with Crippen molar-refractivity contribution >= 4 is 11.6 Å². The SMILES string of the molecule is COCCN(C(=O)c1cc(N)c(C)cc1C)C(C)C. The predicted octanol–water partition coefficient (Wildman–Crippen LogP) is 2.38. The van der Waals surface area contributed by atoms with Gasteiger partial charge in [-0.3, -0.25) is 4.79 Å². The van der Waals surface area contributed by atoms with E-state index in [1.165, 1.54) is 0 Å². The fourth-order valence-electron chi connectivity index (χ4n) is 2.04. The third-order valence-corrected chi connectivity index (χ3v) is 3.26. The number of ether oxygens (including phenoxy) is 1. The van der Waals surface area contributed by atoms with Crippen molar-refractivity contribution in [3.8, 4) is 0 Å². The quantitative estimate of drug-likeness (QED) is 0.831. The minimum Gasteiger partial charge on any atom is -0.398 e. The lowest BCUT2D eigenvalue weighted by Gasteiger charge is -2.27.